The summed E-state index contributed by atoms with van der Waals surface area (Å²) in [5.41, 5.74) is 0. The quantitative estimate of drug-likeness (QED) is 0.0195. The van der Waals surface area contributed by atoms with Crippen LogP contribution in [0, 0.1) is 0 Å². The van der Waals surface area contributed by atoms with Crippen LogP contribution in [0.15, 0.2) is 97.2 Å². The molecule has 0 heterocycles. The van der Waals surface area contributed by atoms with Gasteiger partial charge in [0.1, 0.15) is 13.2 Å². The van der Waals surface area contributed by atoms with Gasteiger partial charge in [-0.15, -0.1) is 0 Å². The van der Waals surface area contributed by atoms with Gasteiger partial charge in [0.2, 0.25) is 0 Å². The van der Waals surface area contributed by atoms with Gasteiger partial charge in [-0.05, 0) is 77.0 Å². The number of nitrogens with zero attached hydrogens (tertiary/aromatic N) is 1. The normalized spacial score (nSPS) is 13.3. The highest BCUT2D eigenvalue weighted by atomic mass is 16.7. The van der Waals surface area contributed by atoms with Crippen molar-refractivity contribution in [2.75, 3.05) is 47.5 Å². The van der Waals surface area contributed by atoms with Crippen molar-refractivity contribution >= 4 is 17.9 Å². The fraction of sp³-hybridized carbons (Fsp3) is 0.740. The van der Waals surface area contributed by atoms with E-state index in [4.69, 9.17) is 18.9 Å². The van der Waals surface area contributed by atoms with E-state index in [2.05, 4.69) is 111 Å². The molecule has 0 amide bonds. The van der Waals surface area contributed by atoms with E-state index in [1.165, 1.54) is 161 Å². The third-order valence-electron chi connectivity index (χ3n) is 14.6. The van der Waals surface area contributed by atoms with Crippen molar-refractivity contribution in [3.05, 3.63) is 97.2 Å². The molecule has 2 unspecified atom stereocenters. The van der Waals surface area contributed by atoms with E-state index < -0.39 is 24.3 Å². The maximum Gasteiger partial charge on any atom is 0.306 e. The topological polar surface area (TPSA) is 111 Å². The zero-order chi connectivity index (χ0) is 59.8. The number of unbranched alkanes of at least 4 members (excludes halogenated alkanes) is 31. The van der Waals surface area contributed by atoms with E-state index in [0.717, 1.165) is 96.3 Å². The molecule has 0 bridgehead atoms. The van der Waals surface area contributed by atoms with Gasteiger partial charge in [0, 0.05) is 12.8 Å². The Balaban J connectivity index is 4.18. The van der Waals surface area contributed by atoms with Crippen LogP contribution in [0.2, 0.25) is 0 Å². The second-order valence-electron chi connectivity index (χ2n) is 23.7. The molecule has 0 saturated carbocycles. The van der Waals surface area contributed by atoms with Gasteiger partial charge in [-0.3, -0.25) is 9.59 Å². The standard InChI is InChI=1S/C73H127NO8/c1-6-8-10-12-14-16-18-20-22-24-26-28-30-32-33-34-35-36-37-38-39-40-42-44-46-48-50-52-54-56-58-60-62-64-71(76)82-69(68-81-73(72(77)78)79-66-65-74(3,4)5)67-80-70(75)63-61-59-57-55-53-51-49-47-45-43-41-31-29-27-25-23-21-19-17-15-13-11-9-7-2/h8,10,14,16,20,22,26,28,32-33,35-36,38-39,42,44,69,73H,6-7,9,11-13,15,17-19,21,23-25,27,29-31,34,37,40-41,43,45-68H2,1-5H3/b10-8-,16-14-,22-20-,28-26-,33-32-,36-35-,39-38-,44-42-. The molecular formula is C73H127NO8. The Morgan fingerprint density at radius 3 is 1.04 bits per heavy atom. The predicted molar refractivity (Wildman–Crippen MR) is 347 cm³/mol. The summed E-state index contributed by atoms with van der Waals surface area (Å²) >= 11 is 0. The zero-order valence-corrected chi connectivity index (χ0v) is 53.8. The smallest absolute Gasteiger partial charge is 0.306 e. The highest BCUT2D eigenvalue weighted by molar-refractivity contribution is 5.70. The third-order valence-corrected chi connectivity index (χ3v) is 14.6. The molecule has 0 aliphatic carbocycles. The Bertz CT molecular complexity index is 1670. The fourth-order valence-corrected chi connectivity index (χ4v) is 9.44. The third kappa shape index (κ3) is 63.8. The van der Waals surface area contributed by atoms with Crippen molar-refractivity contribution in [1.82, 2.24) is 0 Å². The van der Waals surface area contributed by atoms with Gasteiger partial charge in [0.25, 0.3) is 0 Å². The number of quaternary nitrogens is 1. The van der Waals surface area contributed by atoms with Crippen LogP contribution in [0.25, 0.3) is 0 Å². The van der Waals surface area contributed by atoms with Crippen LogP contribution in [0.4, 0.5) is 0 Å². The minimum atomic E-state index is -1.63. The van der Waals surface area contributed by atoms with Crippen molar-refractivity contribution in [2.24, 2.45) is 0 Å². The number of carboxylic acid groups (broad SMARTS) is 1. The molecule has 0 fully saturated rings. The molecule has 472 valence electrons. The predicted octanol–water partition coefficient (Wildman–Crippen LogP) is 19.5. The van der Waals surface area contributed by atoms with E-state index in [1.54, 1.807) is 0 Å². The Hall–Kier alpha value is -3.79. The Morgan fingerprint density at radius 1 is 0.378 bits per heavy atom. The van der Waals surface area contributed by atoms with E-state index >= 15 is 0 Å². The summed E-state index contributed by atoms with van der Waals surface area (Å²) in [4.78, 5) is 37.5. The van der Waals surface area contributed by atoms with Crippen molar-refractivity contribution in [1.29, 1.82) is 0 Å². The number of likely N-dealkylation sites (N-methyl/N-ethyl adjacent to an activating group) is 1. The summed E-state index contributed by atoms with van der Waals surface area (Å²) < 4.78 is 22.8. The first-order valence-corrected chi connectivity index (χ1v) is 33.9. The van der Waals surface area contributed by atoms with Crippen molar-refractivity contribution in [3.63, 3.8) is 0 Å². The summed E-state index contributed by atoms with van der Waals surface area (Å²) in [6.07, 6.45) is 83.3. The Morgan fingerprint density at radius 2 is 0.695 bits per heavy atom. The summed E-state index contributed by atoms with van der Waals surface area (Å²) in [6.45, 7) is 4.66. The first-order valence-electron chi connectivity index (χ1n) is 33.9. The maximum absolute atomic E-state index is 12.9. The number of allylic oxidation sites excluding steroid dienone is 16. The lowest BCUT2D eigenvalue weighted by Gasteiger charge is -2.26. The first kappa shape index (κ1) is 78.2. The van der Waals surface area contributed by atoms with Crippen LogP contribution in [-0.4, -0.2) is 82.3 Å². The molecule has 0 radical (unpaired) electrons. The minimum Gasteiger partial charge on any atom is -0.545 e. The largest absolute Gasteiger partial charge is 0.545 e. The SMILES string of the molecule is CC/C=C\C/C=C\C/C=C\C/C=C\C/C=C\C/C=C\C/C=C\C/C=C\CCCCCCCCCCC(=O)OC(COC(=O)CCCCCCCCCCCCCCCCCCCCCCCCCC)COC(OCC[N+](C)(C)C)C(=O)[O-]. The molecule has 82 heavy (non-hydrogen) atoms. The van der Waals surface area contributed by atoms with Gasteiger partial charge in [0.15, 0.2) is 12.4 Å². The molecule has 0 aromatic rings. The van der Waals surface area contributed by atoms with Crippen molar-refractivity contribution < 1.29 is 42.9 Å². The number of carbonyl (C=O) groups excluding carboxylic acids is 3. The fourth-order valence-electron chi connectivity index (χ4n) is 9.44. The summed E-state index contributed by atoms with van der Waals surface area (Å²) in [5, 5.41) is 11.8. The highest BCUT2D eigenvalue weighted by Gasteiger charge is 2.22. The summed E-state index contributed by atoms with van der Waals surface area (Å²) in [6, 6.07) is 0. The zero-order valence-electron chi connectivity index (χ0n) is 53.8. The first-order chi connectivity index (χ1) is 40.1. The molecule has 0 rings (SSSR count). The summed E-state index contributed by atoms with van der Waals surface area (Å²) in [5.74, 6) is -2.29. The lowest BCUT2D eigenvalue weighted by molar-refractivity contribution is -0.870. The Labute approximate surface area is 505 Å². The highest BCUT2D eigenvalue weighted by Crippen LogP contribution is 2.17. The van der Waals surface area contributed by atoms with Gasteiger partial charge in [0.05, 0.1) is 40.3 Å². The molecule has 0 aromatic heterocycles. The second kappa shape index (κ2) is 63.2. The number of ether oxygens (including phenoxy) is 4. The van der Waals surface area contributed by atoms with Crippen molar-refractivity contribution in [2.45, 2.75) is 302 Å². The number of hydrogen-bond acceptors (Lipinski definition) is 8. The number of rotatable bonds is 62. The lowest BCUT2D eigenvalue weighted by Crippen LogP contribution is -2.44. The van der Waals surface area contributed by atoms with E-state index in [-0.39, 0.29) is 32.2 Å². The van der Waals surface area contributed by atoms with E-state index in [0.29, 0.717) is 23.9 Å². The number of hydrogen-bond donors (Lipinski definition) is 0. The number of carboxylic acids is 1. The number of carbonyl (C=O) groups is 3. The van der Waals surface area contributed by atoms with Gasteiger partial charge in [-0.25, -0.2) is 0 Å². The average Bonchev–Trinajstić information content (AvgIpc) is 3.45. The van der Waals surface area contributed by atoms with Gasteiger partial charge in [-0.2, -0.15) is 0 Å². The van der Waals surface area contributed by atoms with Crippen LogP contribution >= 0.6 is 0 Å². The van der Waals surface area contributed by atoms with Gasteiger partial charge >= 0.3 is 11.9 Å². The molecule has 9 nitrogen and oxygen atoms in total. The Kier molecular flexibility index (Phi) is 60.3. The van der Waals surface area contributed by atoms with E-state index in [1.807, 2.05) is 21.1 Å². The van der Waals surface area contributed by atoms with Gasteiger partial charge in [-0.1, -0.05) is 297 Å². The van der Waals surface area contributed by atoms with E-state index in [9.17, 15) is 19.5 Å². The molecule has 0 N–H and O–H groups in total. The van der Waals surface area contributed by atoms with Gasteiger partial charge < -0.3 is 33.3 Å². The number of esters is 2. The van der Waals surface area contributed by atoms with Crippen molar-refractivity contribution in [3.8, 4) is 0 Å². The molecule has 0 aliphatic rings. The lowest BCUT2D eigenvalue weighted by atomic mass is 10.0. The molecule has 0 aromatic carbocycles. The molecule has 0 spiro atoms. The van der Waals surface area contributed by atoms with Crippen LogP contribution in [0.1, 0.15) is 290 Å². The molecular weight excluding hydrogens is 1020 g/mol. The molecule has 2 atom stereocenters. The molecule has 9 heteroatoms. The maximum atomic E-state index is 12.9. The summed E-state index contributed by atoms with van der Waals surface area (Å²) in [7, 11) is 5.93. The monoisotopic (exact) mass is 1150 g/mol. The average molecular weight is 1150 g/mol. The second-order valence-corrected chi connectivity index (χ2v) is 23.7. The molecule has 0 saturated heterocycles. The van der Waals surface area contributed by atoms with Crippen LogP contribution in [0.3, 0.4) is 0 Å². The number of aliphatic carboxylic acids is 1. The van der Waals surface area contributed by atoms with Crippen LogP contribution in [0.5, 0.6) is 0 Å². The minimum absolute atomic E-state index is 0.143. The van der Waals surface area contributed by atoms with Crippen LogP contribution in [-0.2, 0) is 33.3 Å². The molecule has 0 aliphatic heterocycles. The van der Waals surface area contributed by atoms with Crippen LogP contribution < -0.4 is 5.11 Å².